The summed E-state index contributed by atoms with van der Waals surface area (Å²) in [6.45, 7) is 2.65. The standard InChI is InChI=1S/C10H11ClF2O2/c1-10(2,14)7-8(13)6(12)4-5(11)9(7)15-3/h4,14H,1-3H3. The molecule has 84 valence electrons. The predicted octanol–water partition coefficient (Wildman–Crippen LogP) is 2.85. The van der Waals surface area contributed by atoms with Crippen LogP contribution in [0.2, 0.25) is 5.02 Å². The van der Waals surface area contributed by atoms with Crippen molar-refractivity contribution in [3.05, 3.63) is 28.3 Å². The van der Waals surface area contributed by atoms with Crippen LogP contribution in [-0.4, -0.2) is 12.2 Å². The van der Waals surface area contributed by atoms with Gasteiger partial charge in [0.25, 0.3) is 0 Å². The number of halogens is 3. The molecule has 1 N–H and O–H groups in total. The number of benzene rings is 1. The van der Waals surface area contributed by atoms with Crippen molar-refractivity contribution in [3.63, 3.8) is 0 Å². The Morgan fingerprint density at radius 2 is 1.93 bits per heavy atom. The van der Waals surface area contributed by atoms with E-state index in [1.165, 1.54) is 21.0 Å². The molecule has 0 fully saturated rings. The van der Waals surface area contributed by atoms with Gasteiger partial charge in [-0.1, -0.05) is 11.6 Å². The van der Waals surface area contributed by atoms with Gasteiger partial charge >= 0.3 is 0 Å². The van der Waals surface area contributed by atoms with Gasteiger partial charge in [0, 0.05) is 0 Å². The van der Waals surface area contributed by atoms with Crippen LogP contribution in [-0.2, 0) is 5.60 Å². The van der Waals surface area contributed by atoms with Gasteiger partial charge in [0.05, 0.1) is 23.3 Å². The summed E-state index contributed by atoms with van der Waals surface area (Å²) in [5, 5.41) is 9.61. The highest BCUT2D eigenvalue weighted by molar-refractivity contribution is 6.32. The maximum Gasteiger partial charge on any atom is 0.168 e. The minimum Gasteiger partial charge on any atom is -0.495 e. The zero-order valence-electron chi connectivity index (χ0n) is 8.57. The second-order valence-corrected chi connectivity index (χ2v) is 4.03. The molecule has 5 heteroatoms. The van der Waals surface area contributed by atoms with Crippen LogP contribution in [0.4, 0.5) is 8.78 Å². The van der Waals surface area contributed by atoms with E-state index in [4.69, 9.17) is 16.3 Å². The summed E-state index contributed by atoms with van der Waals surface area (Å²) in [6, 6.07) is 0.810. The third-order valence-electron chi connectivity index (χ3n) is 1.94. The van der Waals surface area contributed by atoms with Crippen molar-refractivity contribution in [1.29, 1.82) is 0 Å². The lowest BCUT2D eigenvalue weighted by atomic mass is 9.96. The molecule has 0 bridgehead atoms. The molecular formula is C10H11ClF2O2. The van der Waals surface area contributed by atoms with Crippen LogP contribution in [0.5, 0.6) is 5.75 Å². The molecule has 0 spiro atoms. The van der Waals surface area contributed by atoms with Crippen molar-refractivity contribution in [1.82, 2.24) is 0 Å². The Labute approximate surface area is 91.4 Å². The molecule has 1 aromatic carbocycles. The molecule has 0 aliphatic carbocycles. The lowest BCUT2D eigenvalue weighted by Gasteiger charge is -2.22. The Morgan fingerprint density at radius 1 is 1.40 bits per heavy atom. The Balaban J connectivity index is 3.59. The van der Waals surface area contributed by atoms with Crippen molar-refractivity contribution in [2.24, 2.45) is 0 Å². The lowest BCUT2D eigenvalue weighted by Crippen LogP contribution is -2.20. The Hall–Kier alpha value is -0.870. The van der Waals surface area contributed by atoms with E-state index in [0.717, 1.165) is 6.07 Å². The smallest absolute Gasteiger partial charge is 0.168 e. The van der Waals surface area contributed by atoms with Crippen LogP contribution in [0.15, 0.2) is 6.07 Å². The first-order valence-electron chi connectivity index (χ1n) is 4.23. The average Bonchev–Trinajstić information content (AvgIpc) is 2.08. The van der Waals surface area contributed by atoms with E-state index < -0.39 is 17.2 Å². The molecular weight excluding hydrogens is 226 g/mol. The maximum atomic E-state index is 13.5. The van der Waals surface area contributed by atoms with Gasteiger partial charge in [-0.3, -0.25) is 0 Å². The molecule has 0 aliphatic rings. The predicted molar refractivity (Wildman–Crippen MR) is 53.2 cm³/mol. The highest BCUT2D eigenvalue weighted by Gasteiger charge is 2.29. The van der Waals surface area contributed by atoms with E-state index in [1.54, 1.807) is 0 Å². The van der Waals surface area contributed by atoms with Crippen molar-refractivity contribution in [2.75, 3.05) is 7.11 Å². The van der Waals surface area contributed by atoms with Crippen LogP contribution in [0.25, 0.3) is 0 Å². The van der Waals surface area contributed by atoms with Crippen LogP contribution >= 0.6 is 11.6 Å². The molecule has 0 saturated heterocycles. The van der Waals surface area contributed by atoms with E-state index >= 15 is 0 Å². The van der Waals surface area contributed by atoms with Crippen molar-refractivity contribution < 1.29 is 18.6 Å². The molecule has 2 nitrogen and oxygen atoms in total. The molecule has 0 aliphatic heterocycles. The van der Waals surface area contributed by atoms with Gasteiger partial charge < -0.3 is 9.84 Å². The molecule has 0 saturated carbocycles. The second-order valence-electron chi connectivity index (χ2n) is 3.62. The fourth-order valence-corrected chi connectivity index (χ4v) is 1.59. The van der Waals surface area contributed by atoms with Gasteiger partial charge in [0.2, 0.25) is 0 Å². The van der Waals surface area contributed by atoms with Gasteiger partial charge in [-0.15, -0.1) is 0 Å². The number of hydrogen-bond acceptors (Lipinski definition) is 2. The molecule has 0 atom stereocenters. The number of rotatable bonds is 2. The molecule has 1 rings (SSSR count). The lowest BCUT2D eigenvalue weighted by molar-refractivity contribution is 0.0705. The zero-order chi connectivity index (χ0) is 11.8. The number of methoxy groups -OCH3 is 1. The third kappa shape index (κ3) is 2.21. The van der Waals surface area contributed by atoms with Gasteiger partial charge in [-0.05, 0) is 19.9 Å². The van der Waals surface area contributed by atoms with Crippen LogP contribution in [0, 0.1) is 11.6 Å². The van der Waals surface area contributed by atoms with E-state index in [1.807, 2.05) is 0 Å². The molecule has 0 aromatic heterocycles. The number of ether oxygens (including phenoxy) is 1. The zero-order valence-corrected chi connectivity index (χ0v) is 9.32. The largest absolute Gasteiger partial charge is 0.495 e. The summed E-state index contributed by atoms with van der Waals surface area (Å²) in [4.78, 5) is 0. The van der Waals surface area contributed by atoms with Crippen LogP contribution in [0.1, 0.15) is 19.4 Å². The summed E-state index contributed by atoms with van der Waals surface area (Å²) in [6.07, 6.45) is 0. The summed E-state index contributed by atoms with van der Waals surface area (Å²) < 4.78 is 31.4. The molecule has 0 unspecified atom stereocenters. The number of aliphatic hydroxyl groups is 1. The first-order valence-corrected chi connectivity index (χ1v) is 4.61. The van der Waals surface area contributed by atoms with Crippen molar-refractivity contribution in [2.45, 2.75) is 19.4 Å². The van der Waals surface area contributed by atoms with Gasteiger partial charge in [-0.25, -0.2) is 8.78 Å². The third-order valence-corrected chi connectivity index (χ3v) is 2.22. The quantitative estimate of drug-likeness (QED) is 0.800. The number of hydrogen-bond donors (Lipinski definition) is 1. The first-order chi connectivity index (χ1) is 6.79. The SMILES string of the molecule is COc1c(Cl)cc(F)c(F)c1C(C)(C)O. The van der Waals surface area contributed by atoms with Crippen LogP contribution in [0.3, 0.4) is 0 Å². The molecule has 15 heavy (non-hydrogen) atoms. The van der Waals surface area contributed by atoms with Crippen LogP contribution < -0.4 is 4.74 Å². The summed E-state index contributed by atoms with van der Waals surface area (Å²) in [5.74, 6) is -2.32. The monoisotopic (exact) mass is 236 g/mol. The topological polar surface area (TPSA) is 29.5 Å². The molecule has 0 amide bonds. The highest BCUT2D eigenvalue weighted by atomic mass is 35.5. The van der Waals surface area contributed by atoms with Gasteiger partial charge in [0.15, 0.2) is 11.6 Å². The summed E-state index contributed by atoms with van der Waals surface area (Å²) in [7, 11) is 1.27. The van der Waals surface area contributed by atoms with Crippen molar-refractivity contribution in [3.8, 4) is 5.75 Å². The van der Waals surface area contributed by atoms with Gasteiger partial charge in [0.1, 0.15) is 5.75 Å². The average molecular weight is 237 g/mol. The Kier molecular flexibility index (Phi) is 3.21. The van der Waals surface area contributed by atoms with E-state index in [0.29, 0.717) is 0 Å². The Bertz CT molecular complexity index is 386. The minimum absolute atomic E-state index is 0.0527. The second kappa shape index (κ2) is 3.94. The molecule has 0 radical (unpaired) electrons. The first kappa shape index (κ1) is 12.2. The fraction of sp³-hybridized carbons (Fsp3) is 0.400. The Morgan fingerprint density at radius 3 is 2.33 bits per heavy atom. The normalized spacial score (nSPS) is 11.7. The molecule has 1 aromatic rings. The van der Waals surface area contributed by atoms with E-state index in [-0.39, 0.29) is 16.3 Å². The summed E-state index contributed by atoms with van der Waals surface area (Å²) in [5.41, 5.74) is -1.85. The minimum atomic E-state index is -1.57. The van der Waals surface area contributed by atoms with Gasteiger partial charge in [-0.2, -0.15) is 0 Å². The van der Waals surface area contributed by atoms with E-state index in [2.05, 4.69) is 0 Å². The summed E-state index contributed by atoms with van der Waals surface area (Å²) >= 11 is 5.67. The van der Waals surface area contributed by atoms with Crippen molar-refractivity contribution >= 4 is 11.6 Å². The fourth-order valence-electron chi connectivity index (χ4n) is 1.32. The highest BCUT2D eigenvalue weighted by Crippen LogP contribution is 2.38. The van der Waals surface area contributed by atoms with E-state index in [9.17, 15) is 13.9 Å². The molecule has 0 heterocycles. The maximum absolute atomic E-state index is 13.5.